The first kappa shape index (κ1) is 49.2. The van der Waals surface area contributed by atoms with Crippen molar-refractivity contribution in [3.8, 4) is 28.1 Å². The highest BCUT2D eigenvalue weighted by Crippen LogP contribution is 2.41. The number of pyridine rings is 1. The van der Waals surface area contributed by atoms with Gasteiger partial charge in [-0.15, -0.1) is 0 Å². The highest BCUT2D eigenvalue weighted by atomic mass is 16.5. The van der Waals surface area contributed by atoms with Crippen LogP contribution in [0.15, 0.2) is 95.2 Å². The molecular weight excluding hydrogens is 861 g/mol. The molecule has 15 heteroatoms. The highest BCUT2D eigenvalue weighted by molar-refractivity contribution is 5.96. The first-order valence-electron chi connectivity index (χ1n) is 23.4. The molecule has 2 aliphatic heterocycles. The number of aliphatic imine (C=N–C) groups is 2. The topological polar surface area (TPSA) is 169 Å². The molecule has 0 saturated carbocycles. The Kier molecular flexibility index (Phi) is 15.9. The summed E-state index contributed by atoms with van der Waals surface area (Å²) in [5.41, 5.74) is 11.3. The number of hydrogen-bond donors (Lipinski definition) is 2. The maximum atomic E-state index is 14.7. The Morgan fingerprint density at radius 1 is 1.06 bits per heavy atom. The number of esters is 1. The van der Waals surface area contributed by atoms with Crippen LogP contribution in [0.2, 0.25) is 0 Å². The number of benzene rings is 3. The minimum absolute atomic E-state index is 0.0235. The van der Waals surface area contributed by atoms with Gasteiger partial charge in [0, 0.05) is 74.4 Å². The maximum absolute atomic E-state index is 14.7. The fourth-order valence-corrected chi connectivity index (χ4v) is 9.32. The Morgan fingerprint density at radius 3 is 2.57 bits per heavy atom. The lowest BCUT2D eigenvalue weighted by Crippen LogP contribution is -2.62. The van der Waals surface area contributed by atoms with Gasteiger partial charge >= 0.3 is 5.97 Å². The summed E-state index contributed by atoms with van der Waals surface area (Å²) in [6, 6.07) is 23.6. The average molecular weight is 925 g/mol. The molecule has 5 aromatic rings. The Bertz CT molecular complexity index is 2690. The van der Waals surface area contributed by atoms with E-state index in [2.05, 4.69) is 87.4 Å². The van der Waals surface area contributed by atoms with Crippen molar-refractivity contribution >= 4 is 46.3 Å². The number of nitrogens with zero attached hydrogens (tertiary/aromatic N) is 6. The lowest BCUT2D eigenvalue weighted by Gasteiger charge is -2.36. The van der Waals surface area contributed by atoms with Gasteiger partial charge in [-0.1, -0.05) is 58.0 Å². The maximum Gasteiger partial charge on any atom is 0.324 e. The van der Waals surface area contributed by atoms with Gasteiger partial charge in [-0.3, -0.25) is 29.2 Å². The second-order valence-electron chi connectivity index (χ2n) is 18.7. The first-order chi connectivity index (χ1) is 32.7. The van der Waals surface area contributed by atoms with Crippen LogP contribution >= 0.6 is 0 Å². The molecule has 7 rings (SSSR count). The monoisotopic (exact) mass is 924 g/mol. The minimum Gasteiger partial charge on any atom is -0.497 e. The summed E-state index contributed by atoms with van der Waals surface area (Å²) < 4.78 is 19.3. The Labute approximate surface area is 398 Å². The molecule has 1 saturated heterocycles. The van der Waals surface area contributed by atoms with E-state index in [0.29, 0.717) is 50.4 Å². The average Bonchev–Trinajstić information content (AvgIpc) is 3.64. The number of carbonyl (C=O) groups excluding carboxylic acids is 4. The number of likely N-dealkylation sites (N-methyl/N-ethyl adjacent to an activating group) is 1. The predicted molar refractivity (Wildman–Crippen MR) is 262 cm³/mol. The second kappa shape index (κ2) is 22.0. The number of aromatic nitrogens is 2. The molecule has 6 bridgehead atoms. The summed E-state index contributed by atoms with van der Waals surface area (Å²) in [6.45, 7) is 11.8. The number of nitrogens with one attached hydrogen (secondary N) is 2. The molecule has 0 spiro atoms. The van der Waals surface area contributed by atoms with Crippen molar-refractivity contribution in [3.05, 3.63) is 102 Å². The summed E-state index contributed by atoms with van der Waals surface area (Å²) in [4.78, 5) is 70.9. The Hall–Kier alpha value is -6.67. The molecule has 2 aromatic heterocycles. The number of hydrazine groups is 1. The lowest BCUT2D eigenvalue weighted by molar-refractivity contribution is -0.155. The van der Waals surface area contributed by atoms with E-state index >= 15 is 0 Å². The van der Waals surface area contributed by atoms with Gasteiger partial charge in [0.25, 0.3) is 5.91 Å². The van der Waals surface area contributed by atoms with Gasteiger partial charge < -0.3 is 29.0 Å². The van der Waals surface area contributed by atoms with E-state index in [1.807, 2.05) is 38.2 Å². The number of fused-ring (bicyclic) bond motifs is 6. The molecule has 2 N–H and O–H groups in total. The van der Waals surface area contributed by atoms with Crippen LogP contribution in [0, 0.1) is 11.3 Å². The predicted octanol–water partition coefficient (Wildman–Crippen LogP) is 7.57. The molecule has 3 aromatic carbocycles. The Balaban J connectivity index is 1.21. The first-order valence-corrected chi connectivity index (χ1v) is 23.4. The van der Waals surface area contributed by atoms with Gasteiger partial charge in [-0.25, -0.2) is 10.4 Å². The summed E-state index contributed by atoms with van der Waals surface area (Å²) in [7, 11) is 4.87. The van der Waals surface area contributed by atoms with E-state index < -0.39 is 41.3 Å². The van der Waals surface area contributed by atoms with Crippen molar-refractivity contribution in [1.82, 2.24) is 30.2 Å². The van der Waals surface area contributed by atoms with Crippen molar-refractivity contribution in [2.75, 3.05) is 41.0 Å². The number of rotatable bonds is 13. The zero-order valence-corrected chi connectivity index (χ0v) is 40.5. The van der Waals surface area contributed by atoms with E-state index in [4.69, 9.17) is 14.2 Å². The zero-order valence-electron chi connectivity index (χ0n) is 40.5. The van der Waals surface area contributed by atoms with Crippen molar-refractivity contribution in [2.45, 2.75) is 98.0 Å². The van der Waals surface area contributed by atoms with Gasteiger partial charge in [-0.05, 0) is 102 Å². The molecule has 1 fully saturated rings. The Morgan fingerprint density at radius 2 is 1.84 bits per heavy atom. The fraction of sp³-hybridized carbons (Fsp3) is 0.434. The summed E-state index contributed by atoms with van der Waals surface area (Å²) in [5.74, 6) is -1.20. The van der Waals surface area contributed by atoms with Crippen molar-refractivity contribution in [2.24, 2.45) is 21.3 Å². The summed E-state index contributed by atoms with van der Waals surface area (Å²) >= 11 is 0. The second-order valence-corrected chi connectivity index (χ2v) is 18.7. The van der Waals surface area contributed by atoms with Crippen LogP contribution in [-0.4, -0.2) is 108 Å². The third kappa shape index (κ3) is 11.4. The lowest BCUT2D eigenvalue weighted by atomic mass is 9.84. The third-order valence-electron chi connectivity index (χ3n) is 12.7. The molecular formula is C53H64N8O7. The smallest absolute Gasteiger partial charge is 0.324 e. The van der Waals surface area contributed by atoms with Gasteiger partial charge in [0.15, 0.2) is 0 Å². The number of aryl methyl sites for hydroxylation is 1. The van der Waals surface area contributed by atoms with E-state index in [0.717, 1.165) is 50.0 Å². The number of hydrogen-bond acceptors (Lipinski definition) is 11. The van der Waals surface area contributed by atoms with Crippen molar-refractivity contribution in [3.63, 3.8) is 0 Å². The SMILES string of the molecule is CCn1c(-c2cnccc2COC)c2c3cc(ccc31)-c1cccc(c1)C[C@H](NC(=O)C(C(C)C)N(C)C(=O)CCN=C=Nc1ccc(OC)cc1)C(=O)N1CCC[C@H](N1)C(=O)OCC(C)(C)C2. The molecule has 15 nitrogen and oxygen atoms in total. The molecule has 3 amide bonds. The van der Waals surface area contributed by atoms with Crippen LogP contribution in [0.4, 0.5) is 5.69 Å². The zero-order chi connectivity index (χ0) is 48.5. The number of cyclic esters (lactones) is 1. The molecule has 3 atom stereocenters. The van der Waals surface area contributed by atoms with Crippen molar-refractivity contribution in [1.29, 1.82) is 0 Å². The molecule has 0 radical (unpaired) electrons. The molecule has 4 heterocycles. The van der Waals surface area contributed by atoms with Gasteiger partial charge in [0.05, 0.1) is 44.3 Å². The fourth-order valence-electron chi connectivity index (χ4n) is 9.32. The van der Waals surface area contributed by atoms with E-state index in [-0.39, 0.29) is 37.8 Å². The third-order valence-corrected chi connectivity index (χ3v) is 12.7. The van der Waals surface area contributed by atoms with Crippen LogP contribution in [0.1, 0.15) is 70.6 Å². The standard InChI is InChI=1S/C53H64N8O7/c1-9-60-46-20-15-37-28-41(46)42(49(60)43-30-54-23-21-38(43)31-66-7)29-53(4,5)32-68-52(65)44-14-11-25-61(58-44)51(64)45(27-35-12-10-13-36(37)26-35)57-50(63)48(34(2)3)59(6)47(62)22-24-55-33-56-39-16-18-40(67-8)19-17-39/h10,12-13,15-21,23,26,28,30,34,44-45,48,58H,9,11,14,22,24-25,27,29,31-32H2,1-8H3,(H,57,63)/t44-,45-,48?/m0/s1. The van der Waals surface area contributed by atoms with Gasteiger partial charge in [0.1, 0.15) is 23.9 Å². The quantitative estimate of drug-likeness (QED) is 0.0894. The number of methoxy groups -OCH3 is 2. The molecule has 1 unspecified atom stereocenters. The number of ether oxygens (including phenoxy) is 3. The minimum atomic E-state index is -1.04. The van der Waals surface area contributed by atoms with Crippen LogP contribution < -0.4 is 15.5 Å². The van der Waals surface area contributed by atoms with Gasteiger partial charge in [0.2, 0.25) is 11.8 Å². The van der Waals surface area contributed by atoms with Crippen molar-refractivity contribution < 1.29 is 33.4 Å². The van der Waals surface area contributed by atoms with E-state index in [1.165, 1.54) is 9.91 Å². The molecule has 0 aliphatic carbocycles. The van der Waals surface area contributed by atoms with Crippen LogP contribution in [0.5, 0.6) is 5.75 Å². The number of carbonyl (C=O) groups is 4. The summed E-state index contributed by atoms with van der Waals surface area (Å²) in [5, 5.41) is 5.57. The largest absolute Gasteiger partial charge is 0.497 e. The normalized spacial score (nSPS) is 17.7. The van der Waals surface area contributed by atoms with E-state index in [9.17, 15) is 19.2 Å². The summed E-state index contributed by atoms with van der Waals surface area (Å²) in [6.07, 6.45) is 5.49. The van der Waals surface area contributed by atoms with E-state index in [1.54, 1.807) is 51.7 Å². The van der Waals surface area contributed by atoms with Crippen LogP contribution in [0.25, 0.3) is 33.3 Å². The molecule has 2 aliphatic rings. The van der Waals surface area contributed by atoms with Gasteiger partial charge in [-0.2, -0.15) is 4.99 Å². The highest BCUT2D eigenvalue weighted by Gasteiger charge is 2.37. The van der Waals surface area contributed by atoms with Crippen LogP contribution in [-0.2, 0) is 54.6 Å². The molecule has 358 valence electrons. The van der Waals surface area contributed by atoms with Crippen LogP contribution in [0.3, 0.4) is 0 Å². The molecule has 68 heavy (non-hydrogen) atoms. The number of amides is 3.